The first-order valence-corrected chi connectivity index (χ1v) is 18.1. The molecule has 0 amide bonds. The number of ether oxygens (including phenoxy) is 3. The van der Waals surface area contributed by atoms with E-state index in [0.717, 1.165) is 0 Å². The Morgan fingerprint density at radius 1 is 0.800 bits per heavy atom. The lowest BCUT2D eigenvalue weighted by Gasteiger charge is -2.25. The molecule has 3 unspecified atom stereocenters. The number of aliphatic hydroxyl groups is 1. The van der Waals surface area contributed by atoms with E-state index in [1.807, 2.05) is 20.8 Å². The summed E-state index contributed by atoms with van der Waals surface area (Å²) >= 11 is 2.06. The molecule has 0 saturated carbocycles. The molecule has 0 radical (unpaired) electrons. The van der Waals surface area contributed by atoms with E-state index in [4.69, 9.17) is 14.2 Å². The zero-order valence-corrected chi connectivity index (χ0v) is 28.6. The number of carbonyl (C=O) groups is 1. The van der Waals surface area contributed by atoms with E-state index in [1.165, 1.54) is 108 Å². The highest BCUT2D eigenvalue weighted by Crippen LogP contribution is 2.27. The van der Waals surface area contributed by atoms with Gasteiger partial charge >= 0.3 is 11.5 Å². The Morgan fingerprint density at radius 3 is 1.85 bits per heavy atom. The van der Waals surface area contributed by atoms with Crippen LogP contribution in [0.1, 0.15) is 151 Å². The number of thioether (sulfide) groups is 1. The Kier molecular flexibility index (Phi) is 25.2. The predicted molar refractivity (Wildman–Crippen MR) is 170 cm³/mol. The maximum Gasteiger partial charge on any atom is 0.379 e. The molecule has 8 heteroatoms. The normalized spacial score (nSPS) is 15.2. The molecular weight excluding hydrogens is 543 g/mol. The van der Waals surface area contributed by atoms with Gasteiger partial charge in [0.2, 0.25) is 8.46 Å². The van der Waals surface area contributed by atoms with Crippen LogP contribution in [-0.4, -0.2) is 53.5 Å². The van der Waals surface area contributed by atoms with E-state index in [-0.39, 0.29) is 24.7 Å². The minimum absolute atomic E-state index is 0.0523. The zero-order valence-electron chi connectivity index (χ0n) is 26.8. The van der Waals surface area contributed by atoms with E-state index in [0.29, 0.717) is 18.3 Å². The molecule has 0 saturated heterocycles. The van der Waals surface area contributed by atoms with Gasteiger partial charge in [-0.1, -0.05) is 125 Å². The Bertz CT molecular complexity index is 615. The fourth-order valence-electron chi connectivity index (χ4n) is 4.38. The number of hydrogen-bond donors (Lipinski definition) is 1. The maximum absolute atomic E-state index is 12.2. The maximum atomic E-state index is 12.2. The van der Waals surface area contributed by atoms with Gasteiger partial charge in [-0.2, -0.15) is 11.8 Å². The zero-order chi connectivity index (χ0) is 30.1. The van der Waals surface area contributed by atoms with Crippen LogP contribution in [0.4, 0.5) is 0 Å². The summed E-state index contributed by atoms with van der Waals surface area (Å²) in [6.07, 6.45) is 21.7. The molecular formula is C32H63O6PS. The van der Waals surface area contributed by atoms with Gasteiger partial charge in [-0.15, -0.1) is 0 Å². The first kappa shape index (κ1) is 39.8. The Hall–Kier alpha value is -0.200. The summed E-state index contributed by atoms with van der Waals surface area (Å²) in [6, 6.07) is 0. The minimum Gasteiger partial charge on any atom is -0.461 e. The minimum atomic E-state index is -2.47. The fraction of sp³-hybridized carbons (Fsp3) is 0.969. The van der Waals surface area contributed by atoms with Crippen LogP contribution < -0.4 is 0 Å². The number of hydrogen-bond acceptors (Lipinski definition) is 7. The number of unbranched alkanes of at least 4 members (excludes halogenated alkanes) is 13. The van der Waals surface area contributed by atoms with E-state index >= 15 is 0 Å². The van der Waals surface area contributed by atoms with Crippen LogP contribution >= 0.6 is 20.2 Å². The molecule has 3 atom stereocenters. The van der Waals surface area contributed by atoms with E-state index in [2.05, 4.69) is 32.5 Å². The molecule has 0 aliphatic heterocycles. The van der Waals surface area contributed by atoms with Crippen molar-refractivity contribution in [2.75, 3.05) is 25.6 Å². The van der Waals surface area contributed by atoms with Crippen LogP contribution in [0.2, 0.25) is 0 Å². The quantitative estimate of drug-likeness (QED) is 0.0411. The summed E-state index contributed by atoms with van der Waals surface area (Å²) in [6.45, 7) is 13.0. The van der Waals surface area contributed by atoms with Crippen molar-refractivity contribution in [3.8, 4) is 0 Å². The third kappa shape index (κ3) is 22.4. The number of carbonyl (C=O) groups excluding carboxylic acids is 1. The summed E-state index contributed by atoms with van der Waals surface area (Å²) in [7, 11) is -0.829. The first-order chi connectivity index (χ1) is 19.1. The molecule has 0 aromatic rings. The smallest absolute Gasteiger partial charge is 0.379 e. The van der Waals surface area contributed by atoms with Gasteiger partial charge in [-0.05, 0) is 37.4 Å². The van der Waals surface area contributed by atoms with Crippen LogP contribution in [-0.2, 0) is 23.6 Å². The SMILES string of the molecule is CCCCCCCCCCCSC(CCCCCCCC)C(C)OCCCOC(O)(P=O)C(=O)OCC(C)(C)C. The highest BCUT2D eigenvalue weighted by molar-refractivity contribution is 7.99. The molecule has 0 aliphatic carbocycles. The molecule has 40 heavy (non-hydrogen) atoms. The lowest BCUT2D eigenvalue weighted by molar-refractivity contribution is -0.198. The lowest BCUT2D eigenvalue weighted by atomic mass is 9.99. The standard InChI is InChI=1S/C32H63O6PS/c1-7-9-11-13-15-16-17-19-21-26-40-29(23-20-18-14-12-10-8-2)28(3)36-24-22-25-38-32(34,39-35)30(33)37-27-31(4,5)6/h28-29,34H,7-27H2,1-6H3. The molecule has 0 heterocycles. The highest BCUT2D eigenvalue weighted by atomic mass is 32.2. The summed E-state index contributed by atoms with van der Waals surface area (Å²) < 4.78 is 28.0. The van der Waals surface area contributed by atoms with Crippen LogP contribution in [0.5, 0.6) is 0 Å². The Balaban J connectivity index is 4.43. The Morgan fingerprint density at radius 2 is 1.32 bits per heavy atom. The fourth-order valence-corrected chi connectivity index (χ4v) is 6.01. The van der Waals surface area contributed by atoms with Gasteiger partial charge in [0.25, 0.3) is 0 Å². The van der Waals surface area contributed by atoms with Gasteiger partial charge in [0.15, 0.2) is 0 Å². The summed E-state index contributed by atoms with van der Waals surface area (Å²) in [5.41, 5.74) is -2.74. The first-order valence-electron chi connectivity index (χ1n) is 16.2. The monoisotopic (exact) mass is 606 g/mol. The molecule has 0 aliphatic rings. The average Bonchev–Trinajstić information content (AvgIpc) is 2.92. The third-order valence-electron chi connectivity index (χ3n) is 6.94. The van der Waals surface area contributed by atoms with E-state index in [1.54, 1.807) is 0 Å². The topological polar surface area (TPSA) is 82.1 Å². The summed E-state index contributed by atoms with van der Waals surface area (Å²) in [5.74, 6) is 0.152. The predicted octanol–water partition coefficient (Wildman–Crippen LogP) is 9.71. The average molecular weight is 607 g/mol. The van der Waals surface area contributed by atoms with Gasteiger partial charge in [0, 0.05) is 11.9 Å². The molecule has 0 rings (SSSR count). The van der Waals surface area contributed by atoms with Crippen molar-refractivity contribution in [3.63, 3.8) is 0 Å². The van der Waals surface area contributed by atoms with Gasteiger partial charge in [-0.25, -0.2) is 4.79 Å². The van der Waals surface area contributed by atoms with Crippen molar-refractivity contribution < 1.29 is 28.7 Å². The van der Waals surface area contributed by atoms with Crippen molar-refractivity contribution in [1.29, 1.82) is 0 Å². The van der Waals surface area contributed by atoms with Crippen molar-refractivity contribution >= 4 is 26.2 Å². The Labute approximate surface area is 253 Å². The van der Waals surface area contributed by atoms with E-state index in [9.17, 15) is 14.5 Å². The molecule has 0 aromatic carbocycles. The molecule has 0 fully saturated rings. The number of esters is 1. The molecule has 6 nitrogen and oxygen atoms in total. The molecule has 0 spiro atoms. The van der Waals surface area contributed by atoms with Crippen LogP contribution in [0.15, 0.2) is 0 Å². The van der Waals surface area contributed by atoms with Gasteiger partial charge in [0.1, 0.15) is 0 Å². The molecule has 0 bridgehead atoms. The van der Waals surface area contributed by atoms with Gasteiger partial charge in [0.05, 0.1) is 19.3 Å². The van der Waals surface area contributed by atoms with Crippen molar-refractivity contribution in [2.24, 2.45) is 5.41 Å². The lowest BCUT2D eigenvalue weighted by Crippen LogP contribution is -2.39. The van der Waals surface area contributed by atoms with Gasteiger partial charge < -0.3 is 19.3 Å². The summed E-state index contributed by atoms with van der Waals surface area (Å²) in [5, 5.41) is 10.8. The van der Waals surface area contributed by atoms with Crippen molar-refractivity contribution in [3.05, 3.63) is 0 Å². The van der Waals surface area contributed by atoms with Crippen molar-refractivity contribution in [1.82, 2.24) is 0 Å². The van der Waals surface area contributed by atoms with E-state index < -0.39 is 20.0 Å². The summed E-state index contributed by atoms with van der Waals surface area (Å²) in [4.78, 5) is 12.2. The molecule has 238 valence electrons. The number of rotatable bonds is 28. The van der Waals surface area contributed by atoms with Crippen LogP contribution in [0.3, 0.4) is 0 Å². The highest BCUT2D eigenvalue weighted by Gasteiger charge is 2.41. The third-order valence-corrected chi connectivity index (χ3v) is 9.07. The second kappa shape index (κ2) is 25.3. The van der Waals surface area contributed by atoms with Crippen molar-refractivity contribution in [2.45, 2.75) is 168 Å². The molecule has 0 aromatic heterocycles. The second-order valence-corrected chi connectivity index (χ2v) is 14.5. The second-order valence-electron chi connectivity index (χ2n) is 12.4. The molecule has 1 N–H and O–H groups in total. The van der Waals surface area contributed by atoms with Crippen LogP contribution in [0.25, 0.3) is 0 Å². The largest absolute Gasteiger partial charge is 0.461 e. The van der Waals surface area contributed by atoms with Crippen LogP contribution in [0, 0.1) is 5.41 Å². The van der Waals surface area contributed by atoms with Gasteiger partial charge in [-0.3, -0.25) is 4.57 Å².